The number of fused-ring (bicyclic) bond motifs is 2. The number of amides is 2. The molecule has 2 N–H and O–H groups in total. The van der Waals surface area contributed by atoms with Crippen LogP contribution in [0.15, 0.2) is 29.6 Å². The molecule has 2 aromatic heterocycles. The number of benzene rings is 1. The number of rotatable bonds is 3. The Kier molecular flexibility index (Phi) is 6.38. The van der Waals surface area contributed by atoms with Crippen LogP contribution in [0, 0.1) is 0 Å². The van der Waals surface area contributed by atoms with Crippen molar-refractivity contribution in [2.45, 2.75) is 70.8 Å². The van der Waals surface area contributed by atoms with Gasteiger partial charge in [-0.1, -0.05) is 6.07 Å². The molecule has 0 atom stereocenters. The molecule has 2 amide bonds. The summed E-state index contributed by atoms with van der Waals surface area (Å²) in [6.45, 7) is 7.04. The van der Waals surface area contributed by atoms with E-state index in [0.29, 0.717) is 24.6 Å². The van der Waals surface area contributed by atoms with Crippen LogP contribution in [0.25, 0.3) is 22.9 Å². The lowest BCUT2D eigenvalue weighted by Gasteiger charge is -2.32. The van der Waals surface area contributed by atoms with Gasteiger partial charge in [-0.25, -0.2) is 9.78 Å². The Hall–Kier alpha value is -3.39. The summed E-state index contributed by atoms with van der Waals surface area (Å²) in [6, 6.07) is 8.27. The first-order chi connectivity index (χ1) is 18.2. The molecule has 0 bridgehead atoms. The molecule has 1 saturated heterocycles. The van der Waals surface area contributed by atoms with Gasteiger partial charge in [0, 0.05) is 52.6 Å². The van der Waals surface area contributed by atoms with Gasteiger partial charge in [0.05, 0.1) is 16.3 Å². The number of nitrogens with zero attached hydrogens (tertiary/aromatic N) is 2. The molecule has 3 aliphatic rings. The lowest BCUT2D eigenvalue weighted by atomic mass is 9.97. The highest BCUT2D eigenvalue weighted by atomic mass is 32.1. The van der Waals surface area contributed by atoms with Crippen LogP contribution < -0.4 is 5.32 Å². The Balaban J connectivity index is 1.18. The van der Waals surface area contributed by atoms with Crippen LogP contribution >= 0.6 is 11.3 Å². The lowest BCUT2D eigenvalue weighted by Crippen LogP contribution is -2.41. The normalized spacial score (nSPS) is 18.9. The van der Waals surface area contributed by atoms with Crippen molar-refractivity contribution in [3.8, 4) is 11.3 Å². The minimum absolute atomic E-state index is 0.0690. The van der Waals surface area contributed by atoms with Gasteiger partial charge in [0.15, 0.2) is 0 Å². The first-order valence-corrected chi connectivity index (χ1v) is 14.4. The fourth-order valence-electron chi connectivity index (χ4n) is 5.60. The number of likely N-dealkylation sites (tertiary alicyclic amines) is 1. The molecular weight excluding hydrogens is 496 g/mol. The smallest absolute Gasteiger partial charge is 0.410 e. The minimum Gasteiger partial charge on any atom is -0.444 e. The first-order valence-electron chi connectivity index (χ1n) is 13.6. The summed E-state index contributed by atoms with van der Waals surface area (Å²) in [7, 11) is 0. The number of carbonyl (C=O) groups is 2. The maximum absolute atomic E-state index is 12.8. The van der Waals surface area contributed by atoms with Gasteiger partial charge in [0.25, 0.3) is 5.91 Å². The average Bonchev–Trinajstić information content (AvgIpc) is 3.60. The topological polar surface area (TPSA) is 87.3 Å². The summed E-state index contributed by atoms with van der Waals surface area (Å²) in [5.41, 5.74) is 7.57. The number of thiazole rings is 1. The van der Waals surface area contributed by atoms with Crippen LogP contribution in [0.3, 0.4) is 0 Å². The van der Waals surface area contributed by atoms with E-state index in [0.717, 1.165) is 58.9 Å². The van der Waals surface area contributed by atoms with Crippen LogP contribution in [0.4, 0.5) is 10.5 Å². The van der Waals surface area contributed by atoms with Gasteiger partial charge in [0.1, 0.15) is 5.60 Å². The Morgan fingerprint density at radius 3 is 2.71 bits per heavy atom. The monoisotopic (exact) mass is 530 g/mol. The van der Waals surface area contributed by atoms with Crippen LogP contribution in [-0.2, 0) is 22.4 Å². The van der Waals surface area contributed by atoms with Crippen LogP contribution in [0.2, 0.25) is 0 Å². The molecule has 0 unspecified atom stereocenters. The van der Waals surface area contributed by atoms with Gasteiger partial charge in [-0.2, -0.15) is 0 Å². The molecule has 1 aliphatic carbocycles. The lowest BCUT2D eigenvalue weighted by molar-refractivity contribution is -0.110. The van der Waals surface area contributed by atoms with E-state index in [4.69, 9.17) is 9.72 Å². The van der Waals surface area contributed by atoms with E-state index in [2.05, 4.69) is 27.8 Å². The third kappa shape index (κ3) is 5.01. The molecule has 198 valence electrons. The van der Waals surface area contributed by atoms with Crippen molar-refractivity contribution in [2.75, 3.05) is 18.4 Å². The average molecular weight is 531 g/mol. The summed E-state index contributed by atoms with van der Waals surface area (Å²) in [5, 5.41) is 6.22. The molecule has 0 radical (unpaired) electrons. The number of carbonyl (C=O) groups excluding carboxylic acids is 2. The number of nitrogens with one attached hydrogen (secondary N) is 2. The van der Waals surface area contributed by atoms with Gasteiger partial charge >= 0.3 is 6.09 Å². The van der Waals surface area contributed by atoms with Crippen molar-refractivity contribution in [3.05, 3.63) is 57.2 Å². The largest absolute Gasteiger partial charge is 0.444 e. The quantitative estimate of drug-likeness (QED) is 0.372. The number of aryl methyl sites for hydroxylation is 2. The summed E-state index contributed by atoms with van der Waals surface area (Å²) >= 11 is 1.68. The Bertz CT molecular complexity index is 1400. The Labute approximate surface area is 227 Å². The molecule has 38 heavy (non-hydrogen) atoms. The fraction of sp³-hybridized carbons (Fsp3) is 0.433. The third-order valence-corrected chi connectivity index (χ3v) is 8.56. The van der Waals surface area contributed by atoms with Gasteiger partial charge in [-0.15, -0.1) is 11.3 Å². The summed E-state index contributed by atoms with van der Waals surface area (Å²) in [4.78, 5) is 35.6. The Morgan fingerprint density at radius 2 is 1.95 bits per heavy atom. The highest BCUT2D eigenvalue weighted by Crippen LogP contribution is 2.38. The summed E-state index contributed by atoms with van der Waals surface area (Å²) < 4.78 is 5.53. The number of anilines is 1. The second-order valence-electron chi connectivity index (χ2n) is 11.5. The van der Waals surface area contributed by atoms with E-state index in [1.165, 1.54) is 24.1 Å². The minimum atomic E-state index is -0.482. The maximum Gasteiger partial charge on any atom is 0.410 e. The van der Waals surface area contributed by atoms with E-state index in [1.54, 1.807) is 16.2 Å². The van der Waals surface area contributed by atoms with Crippen molar-refractivity contribution in [2.24, 2.45) is 0 Å². The molecule has 1 aromatic carbocycles. The number of hydrogen-bond donors (Lipinski definition) is 2. The number of piperidine rings is 1. The predicted molar refractivity (Wildman–Crippen MR) is 151 cm³/mol. The number of H-pyrrole nitrogens is 1. The molecule has 4 heterocycles. The molecule has 0 spiro atoms. The summed E-state index contributed by atoms with van der Waals surface area (Å²) in [5.74, 6) is 0.264. The first kappa shape index (κ1) is 24.9. The molecule has 2 aliphatic heterocycles. The standard InChI is InChI=1S/C30H34N4O3S/c1-30(2,3)37-29(36)34-12-10-18(11-13-34)28-33-26(17-38-28)20-8-9-25-22(15-20)23(27(35)32-25)16-21-14-19-6-4-5-7-24(19)31-21/h8-9,14-18,31H,4-7,10-13H2,1-3H3,(H,32,35). The zero-order valence-corrected chi connectivity index (χ0v) is 23.0. The Morgan fingerprint density at radius 1 is 1.16 bits per heavy atom. The zero-order valence-electron chi connectivity index (χ0n) is 22.2. The third-order valence-electron chi connectivity index (χ3n) is 7.55. The van der Waals surface area contributed by atoms with Crippen LogP contribution in [0.1, 0.15) is 79.9 Å². The van der Waals surface area contributed by atoms with Crippen molar-refractivity contribution in [1.82, 2.24) is 14.9 Å². The van der Waals surface area contributed by atoms with Gasteiger partial charge in [-0.05, 0) is 89.1 Å². The fourth-order valence-corrected chi connectivity index (χ4v) is 6.60. The van der Waals surface area contributed by atoms with Gasteiger partial charge in [-0.3, -0.25) is 4.79 Å². The molecular formula is C30H34N4O3S. The number of aromatic amines is 1. The van der Waals surface area contributed by atoms with E-state index in [-0.39, 0.29) is 12.0 Å². The van der Waals surface area contributed by atoms with Crippen molar-refractivity contribution in [3.63, 3.8) is 0 Å². The van der Waals surface area contributed by atoms with E-state index in [9.17, 15) is 9.59 Å². The van der Waals surface area contributed by atoms with Crippen molar-refractivity contribution < 1.29 is 14.3 Å². The molecule has 1 fully saturated rings. The molecule has 0 saturated carbocycles. The van der Waals surface area contributed by atoms with E-state index >= 15 is 0 Å². The molecule has 3 aromatic rings. The molecule has 8 heteroatoms. The highest BCUT2D eigenvalue weighted by molar-refractivity contribution is 7.10. The van der Waals surface area contributed by atoms with Crippen LogP contribution in [-0.4, -0.2) is 45.6 Å². The van der Waals surface area contributed by atoms with Gasteiger partial charge in [0.2, 0.25) is 0 Å². The SMILES string of the molecule is CC(C)(C)OC(=O)N1CCC(c2nc(-c3ccc4c(c3)C(=Cc3cc5c([nH]3)CCCC5)C(=O)N4)cs2)CC1. The van der Waals surface area contributed by atoms with E-state index in [1.807, 2.05) is 39.0 Å². The number of ether oxygens (including phenoxy) is 1. The maximum atomic E-state index is 12.8. The van der Waals surface area contributed by atoms with Crippen molar-refractivity contribution in [1.29, 1.82) is 0 Å². The molecule has 7 nitrogen and oxygen atoms in total. The second-order valence-corrected chi connectivity index (χ2v) is 12.4. The highest BCUT2D eigenvalue weighted by Gasteiger charge is 2.29. The van der Waals surface area contributed by atoms with E-state index < -0.39 is 5.60 Å². The second kappa shape index (κ2) is 9.73. The zero-order chi connectivity index (χ0) is 26.4. The summed E-state index contributed by atoms with van der Waals surface area (Å²) in [6.07, 6.45) is 8.13. The number of hydrogen-bond acceptors (Lipinski definition) is 5. The van der Waals surface area contributed by atoms with Crippen LogP contribution in [0.5, 0.6) is 0 Å². The molecule has 6 rings (SSSR count). The van der Waals surface area contributed by atoms with Gasteiger partial charge < -0.3 is 19.9 Å². The predicted octanol–water partition coefficient (Wildman–Crippen LogP) is 6.62. The van der Waals surface area contributed by atoms with Crippen molar-refractivity contribution >= 4 is 40.7 Å². The number of aromatic nitrogens is 2.